The van der Waals surface area contributed by atoms with E-state index in [2.05, 4.69) is 12.2 Å². The number of carbonyl (C=O) groups excluding carboxylic acids is 2. The van der Waals surface area contributed by atoms with Gasteiger partial charge in [-0.15, -0.1) is 0 Å². The van der Waals surface area contributed by atoms with Crippen molar-refractivity contribution in [1.82, 2.24) is 10.2 Å². The summed E-state index contributed by atoms with van der Waals surface area (Å²) in [7, 11) is 0. The van der Waals surface area contributed by atoms with Crippen molar-refractivity contribution in [2.75, 3.05) is 6.54 Å². The molecule has 1 unspecified atom stereocenters. The molecule has 1 atom stereocenters. The van der Waals surface area contributed by atoms with Gasteiger partial charge in [-0.2, -0.15) is 0 Å². The molecule has 0 bridgehead atoms. The maximum atomic E-state index is 13.5. The van der Waals surface area contributed by atoms with Crippen LogP contribution in [-0.2, 0) is 29.0 Å². The van der Waals surface area contributed by atoms with Crippen LogP contribution in [0.4, 0.5) is 0 Å². The minimum absolute atomic E-state index is 0.00530. The van der Waals surface area contributed by atoms with Crippen LogP contribution in [0.5, 0.6) is 0 Å². The van der Waals surface area contributed by atoms with Crippen LogP contribution in [0.25, 0.3) is 0 Å². The number of benzene rings is 3. The smallest absolute Gasteiger partial charge is 0.243 e. The Morgan fingerprint density at radius 3 is 1.91 bits per heavy atom. The number of nitrogens with one attached hydrogen (secondary N) is 1. The van der Waals surface area contributed by atoms with Gasteiger partial charge in [0, 0.05) is 25.9 Å². The first kappa shape index (κ1) is 24.2. The quantitative estimate of drug-likeness (QED) is 0.393. The third kappa shape index (κ3) is 7.90. The summed E-state index contributed by atoms with van der Waals surface area (Å²) >= 11 is 0. The highest BCUT2D eigenvalue weighted by molar-refractivity contribution is 5.88. The molecule has 3 aromatic carbocycles. The molecule has 0 heterocycles. The molecular weight excluding hydrogens is 408 g/mol. The molecule has 0 aliphatic carbocycles. The minimum atomic E-state index is -0.562. The van der Waals surface area contributed by atoms with Crippen molar-refractivity contribution in [3.8, 4) is 0 Å². The zero-order valence-electron chi connectivity index (χ0n) is 19.5. The van der Waals surface area contributed by atoms with E-state index in [-0.39, 0.29) is 11.8 Å². The molecule has 2 amide bonds. The number of nitrogens with zero attached hydrogens (tertiary/aromatic N) is 1. The summed E-state index contributed by atoms with van der Waals surface area (Å²) in [6.45, 7) is 3.13. The second kappa shape index (κ2) is 13.2. The molecule has 0 spiro atoms. The van der Waals surface area contributed by atoms with Crippen LogP contribution < -0.4 is 5.32 Å². The largest absolute Gasteiger partial charge is 0.354 e. The third-order valence-corrected chi connectivity index (χ3v) is 5.77. The first-order chi connectivity index (χ1) is 16.2. The van der Waals surface area contributed by atoms with Gasteiger partial charge in [-0.25, -0.2) is 0 Å². The van der Waals surface area contributed by atoms with E-state index in [4.69, 9.17) is 0 Å². The zero-order chi connectivity index (χ0) is 23.3. The van der Waals surface area contributed by atoms with E-state index >= 15 is 0 Å². The predicted molar refractivity (Wildman–Crippen MR) is 134 cm³/mol. The summed E-state index contributed by atoms with van der Waals surface area (Å²) in [5, 5.41) is 3.07. The molecule has 1 N–H and O–H groups in total. The van der Waals surface area contributed by atoms with Gasteiger partial charge in [0.15, 0.2) is 0 Å². The van der Waals surface area contributed by atoms with Gasteiger partial charge in [0.1, 0.15) is 6.04 Å². The van der Waals surface area contributed by atoms with Crippen molar-refractivity contribution in [3.05, 3.63) is 108 Å². The fourth-order valence-corrected chi connectivity index (χ4v) is 3.88. The van der Waals surface area contributed by atoms with Gasteiger partial charge in [-0.05, 0) is 29.5 Å². The Kier molecular flexibility index (Phi) is 9.71. The van der Waals surface area contributed by atoms with Crippen LogP contribution in [0.2, 0.25) is 0 Å². The number of hydrogen-bond donors (Lipinski definition) is 1. The molecule has 3 aromatic rings. The number of hydrogen-bond acceptors (Lipinski definition) is 2. The Balaban J connectivity index is 1.85. The van der Waals surface area contributed by atoms with E-state index in [9.17, 15) is 9.59 Å². The lowest BCUT2D eigenvalue weighted by molar-refractivity contribution is -0.141. The number of carbonyl (C=O) groups is 2. The van der Waals surface area contributed by atoms with E-state index < -0.39 is 6.04 Å². The monoisotopic (exact) mass is 442 g/mol. The lowest BCUT2D eigenvalue weighted by Crippen LogP contribution is -2.50. The predicted octanol–water partition coefficient (Wildman–Crippen LogP) is 5.18. The van der Waals surface area contributed by atoms with Gasteiger partial charge in [0.25, 0.3) is 0 Å². The third-order valence-electron chi connectivity index (χ3n) is 5.77. The highest BCUT2D eigenvalue weighted by Crippen LogP contribution is 2.17. The maximum Gasteiger partial charge on any atom is 0.243 e. The first-order valence-electron chi connectivity index (χ1n) is 11.9. The van der Waals surface area contributed by atoms with Gasteiger partial charge >= 0.3 is 0 Å². The van der Waals surface area contributed by atoms with Gasteiger partial charge in [-0.1, -0.05) is 104 Å². The van der Waals surface area contributed by atoms with Crippen LogP contribution in [0.15, 0.2) is 91.0 Å². The van der Waals surface area contributed by atoms with E-state index in [0.717, 1.165) is 29.5 Å². The minimum Gasteiger partial charge on any atom is -0.354 e. The molecule has 4 nitrogen and oxygen atoms in total. The molecule has 0 fully saturated rings. The average Bonchev–Trinajstić information content (AvgIpc) is 2.86. The van der Waals surface area contributed by atoms with Gasteiger partial charge in [0.05, 0.1) is 0 Å². The van der Waals surface area contributed by atoms with Crippen molar-refractivity contribution < 1.29 is 9.59 Å². The summed E-state index contributed by atoms with van der Waals surface area (Å²) < 4.78 is 0. The van der Waals surface area contributed by atoms with Crippen LogP contribution in [0.1, 0.15) is 42.9 Å². The van der Waals surface area contributed by atoms with E-state index in [1.54, 1.807) is 4.90 Å². The standard InChI is InChI=1S/C29H34N2O2/c1-2-3-21-30-29(33)27(22-25-15-9-5-10-16-25)31(23-26-17-11-6-12-18-26)28(32)20-19-24-13-7-4-8-14-24/h4-18,27H,2-3,19-23H2,1H3,(H,30,33). The summed E-state index contributed by atoms with van der Waals surface area (Å²) in [5.74, 6) is -0.0921. The fourth-order valence-electron chi connectivity index (χ4n) is 3.88. The van der Waals surface area contributed by atoms with E-state index in [1.807, 2.05) is 91.0 Å². The van der Waals surface area contributed by atoms with E-state index in [1.165, 1.54) is 0 Å². The number of rotatable bonds is 12. The summed E-state index contributed by atoms with van der Waals surface area (Å²) in [6, 6.07) is 29.3. The van der Waals surface area contributed by atoms with Crippen molar-refractivity contribution in [1.29, 1.82) is 0 Å². The molecule has 4 heteroatoms. The van der Waals surface area contributed by atoms with Crippen molar-refractivity contribution in [2.45, 2.75) is 51.6 Å². The van der Waals surface area contributed by atoms with Gasteiger partial charge in [-0.3, -0.25) is 9.59 Å². The summed E-state index contributed by atoms with van der Waals surface area (Å²) in [4.78, 5) is 28.6. The lowest BCUT2D eigenvalue weighted by atomic mass is 10.0. The number of unbranched alkanes of at least 4 members (excludes halogenated alkanes) is 1. The maximum absolute atomic E-state index is 13.5. The topological polar surface area (TPSA) is 49.4 Å². The van der Waals surface area contributed by atoms with Crippen molar-refractivity contribution >= 4 is 11.8 Å². The van der Waals surface area contributed by atoms with Gasteiger partial charge in [0.2, 0.25) is 11.8 Å². The summed E-state index contributed by atoms with van der Waals surface area (Å²) in [6.07, 6.45) is 3.44. The second-order valence-corrected chi connectivity index (χ2v) is 8.34. The van der Waals surface area contributed by atoms with Gasteiger partial charge < -0.3 is 10.2 Å². The average molecular weight is 443 g/mol. The SMILES string of the molecule is CCCCNC(=O)C(Cc1ccccc1)N(Cc1ccccc1)C(=O)CCc1ccccc1. The zero-order valence-corrected chi connectivity index (χ0v) is 19.5. The Morgan fingerprint density at radius 2 is 1.33 bits per heavy atom. The van der Waals surface area contributed by atoms with Crippen LogP contribution in [0.3, 0.4) is 0 Å². The Hall–Kier alpha value is -3.40. The molecule has 33 heavy (non-hydrogen) atoms. The van der Waals surface area contributed by atoms with E-state index in [0.29, 0.717) is 32.4 Å². The molecule has 0 aromatic heterocycles. The van der Waals surface area contributed by atoms with Crippen LogP contribution in [-0.4, -0.2) is 29.3 Å². The second-order valence-electron chi connectivity index (χ2n) is 8.34. The summed E-state index contributed by atoms with van der Waals surface area (Å²) in [5.41, 5.74) is 3.18. The molecule has 3 rings (SSSR count). The molecule has 0 radical (unpaired) electrons. The van der Waals surface area contributed by atoms with Crippen LogP contribution >= 0.6 is 0 Å². The molecule has 0 saturated heterocycles. The Morgan fingerprint density at radius 1 is 0.788 bits per heavy atom. The molecular formula is C29H34N2O2. The number of amides is 2. The normalized spacial score (nSPS) is 11.5. The van der Waals surface area contributed by atoms with Crippen molar-refractivity contribution in [2.24, 2.45) is 0 Å². The Bertz CT molecular complexity index is 974. The van der Waals surface area contributed by atoms with Crippen molar-refractivity contribution in [3.63, 3.8) is 0 Å². The molecule has 0 aliphatic rings. The highest BCUT2D eigenvalue weighted by atomic mass is 16.2. The fraction of sp³-hybridized carbons (Fsp3) is 0.310. The molecule has 172 valence electrons. The molecule has 0 aliphatic heterocycles. The number of aryl methyl sites for hydroxylation is 1. The Labute approximate surface area is 197 Å². The highest BCUT2D eigenvalue weighted by Gasteiger charge is 2.30. The first-order valence-corrected chi connectivity index (χ1v) is 11.9. The molecule has 0 saturated carbocycles. The van der Waals surface area contributed by atoms with Crippen LogP contribution in [0, 0.1) is 0 Å². The lowest BCUT2D eigenvalue weighted by Gasteiger charge is -2.31.